The fraction of sp³-hybridized carbons (Fsp3) is 0.444. The Morgan fingerprint density at radius 3 is 2.58 bits per heavy atom. The van der Waals surface area contributed by atoms with Crippen molar-refractivity contribution in [1.29, 1.82) is 0 Å². The smallest absolute Gasteiger partial charge is 0.273 e. The molecule has 1 amide bonds. The lowest BCUT2D eigenvalue weighted by atomic mass is 10.0. The Balaban J connectivity index is 0.00000288. The molecule has 0 saturated carbocycles. The first-order chi connectivity index (χ1) is 11.0. The van der Waals surface area contributed by atoms with Crippen molar-refractivity contribution in [2.24, 2.45) is 5.73 Å². The molecule has 2 N–H and O–H groups in total. The third-order valence-electron chi connectivity index (χ3n) is 4.06. The molecule has 132 valence electrons. The Hall–Kier alpha value is -1.43. The monoisotopic (exact) mass is 367 g/mol. The van der Waals surface area contributed by atoms with Crippen LogP contribution in [0.4, 0.5) is 0 Å². The van der Waals surface area contributed by atoms with Gasteiger partial charge in [-0.3, -0.25) is 4.79 Å². The molecule has 2 rings (SSSR count). The van der Waals surface area contributed by atoms with Gasteiger partial charge in [0, 0.05) is 24.9 Å². The third kappa shape index (κ3) is 5.30. The lowest BCUT2D eigenvalue weighted by Crippen LogP contribution is -2.38. The van der Waals surface area contributed by atoms with Gasteiger partial charge in [0.15, 0.2) is 0 Å². The van der Waals surface area contributed by atoms with Crippen LogP contribution in [0.2, 0.25) is 0 Å². The van der Waals surface area contributed by atoms with Crippen LogP contribution < -0.4 is 5.73 Å². The molecule has 1 atom stereocenters. The van der Waals surface area contributed by atoms with Gasteiger partial charge in [-0.2, -0.15) is 0 Å². The molecular formula is C18H26ClN3OS. The van der Waals surface area contributed by atoms with E-state index in [0.29, 0.717) is 12.2 Å². The van der Waals surface area contributed by atoms with Crippen LogP contribution in [0.25, 0.3) is 0 Å². The van der Waals surface area contributed by atoms with Gasteiger partial charge in [-0.25, -0.2) is 4.98 Å². The zero-order valence-corrected chi connectivity index (χ0v) is 16.1. The minimum Gasteiger partial charge on any atom is -0.337 e. The molecule has 0 spiro atoms. The zero-order chi connectivity index (χ0) is 16.8. The number of rotatable bonds is 7. The second-order valence-electron chi connectivity index (χ2n) is 5.83. The number of likely N-dealkylation sites (N-methyl/N-ethyl adjacent to an activating group) is 1. The number of nitrogens with zero attached hydrogens (tertiary/aromatic N) is 2. The minimum atomic E-state index is -0.0107. The second-order valence-corrected chi connectivity index (χ2v) is 6.78. The van der Waals surface area contributed by atoms with Gasteiger partial charge in [-0.1, -0.05) is 36.8 Å². The van der Waals surface area contributed by atoms with Crippen LogP contribution in [0.5, 0.6) is 0 Å². The van der Waals surface area contributed by atoms with E-state index in [2.05, 4.69) is 43.1 Å². The molecular weight excluding hydrogens is 342 g/mol. The number of carbonyl (C=O) groups excluding carboxylic acids is 1. The topological polar surface area (TPSA) is 59.2 Å². The molecule has 0 aliphatic carbocycles. The summed E-state index contributed by atoms with van der Waals surface area (Å²) >= 11 is 1.51. The maximum Gasteiger partial charge on any atom is 0.273 e. The van der Waals surface area contributed by atoms with E-state index < -0.39 is 0 Å². The number of thiazole rings is 1. The summed E-state index contributed by atoms with van der Waals surface area (Å²) in [7, 11) is 1.87. The van der Waals surface area contributed by atoms with Crippen LogP contribution in [0.3, 0.4) is 0 Å². The van der Waals surface area contributed by atoms with Crippen molar-refractivity contribution < 1.29 is 4.79 Å². The molecule has 6 heteroatoms. The molecule has 2 aromatic rings. The Bertz CT molecular complexity index is 642. The molecule has 4 nitrogen and oxygen atoms in total. The van der Waals surface area contributed by atoms with Crippen LogP contribution in [0, 0.1) is 6.92 Å². The highest BCUT2D eigenvalue weighted by molar-refractivity contribution is 7.09. The Morgan fingerprint density at radius 2 is 2.00 bits per heavy atom. The van der Waals surface area contributed by atoms with Crippen molar-refractivity contribution in [3.8, 4) is 0 Å². The van der Waals surface area contributed by atoms with Gasteiger partial charge < -0.3 is 10.6 Å². The third-order valence-corrected chi connectivity index (χ3v) is 4.97. The van der Waals surface area contributed by atoms with Crippen molar-refractivity contribution in [2.45, 2.75) is 39.2 Å². The molecule has 0 fully saturated rings. The SMILES string of the molecule is CCC(Cc1ccc(C)cc1)N(C)C(=O)c1csc(CCN)n1.Cl. The van der Waals surface area contributed by atoms with Crippen LogP contribution >= 0.6 is 23.7 Å². The van der Waals surface area contributed by atoms with E-state index in [4.69, 9.17) is 5.73 Å². The van der Waals surface area contributed by atoms with Crippen molar-refractivity contribution in [3.05, 3.63) is 51.5 Å². The summed E-state index contributed by atoms with van der Waals surface area (Å²) in [4.78, 5) is 18.9. The van der Waals surface area contributed by atoms with Crippen LogP contribution in [-0.2, 0) is 12.8 Å². The summed E-state index contributed by atoms with van der Waals surface area (Å²) in [5.74, 6) is -0.0107. The normalized spacial score (nSPS) is 11.7. The van der Waals surface area contributed by atoms with Gasteiger partial charge in [0.2, 0.25) is 0 Å². The number of benzene rings is 1. The highest BCUT2D eigenvalue weighted by Crippen LogP contribution is 2.17. The maximum atomic E-state index is 12.6. The summed E-state index contributed by atoms with van der Waals surface area (Å²) in [6.07, 6.45) is 2.50. The van der Waals surface area contributed by atoms with E-state index in [-0.39, 0.29) is 24.4 Å². The summed E-state index contributed by atoms with van der Waals surface area (Å²) in [6.45, 7) is 4.75. The number of nitrogens with two attached hydrogens (primary N) is 1. The zero-order valence-electron chi connectivity index (χ0n) is 14.5. The van der Waals surface area contributed by atoms with Crippen molar-refractivity contribution in [2.75, 3.05) is 13.6 Å². The minimum absolute atomic E-state index is 0. The van der Waals surface area contributed by atoms with E-state index in [1.54, 1.807) is 0 Å². The van der Waals surface area contributed by atoms with Gasteiger partial charge in [-0.15, -0.1) is 23.7 Å². The quantitative estimate of drug-likeness (QED) is 0.815. The van der Waals surface area contributed by atoms with E-state index in [0.717, 1.165) is 24.3 Å². The van der Waals surface area contributed by atoms with Crippen LogP contribution in [0.1, 0.15) is 40.0 Å². The average molecular weight is 368 g/mol. The number of amides is 1. The highest BCUT2D eigenvalue weighted by Gasteiger charge is 2.22. The summed E-state index contributed by atoms with van der Waals surface area (Å²) in [5, 5.41) is 2.76. The fourth-order valence-electron chi connectivity index (χ4n) is 2.55. The van der Waals surface area contributed by atoms with Crippen molar-refractivity contribution in [1.82, 2.24) is 9.88 Å². The number of aryl methyl sites for hydroxylation is 1. The van der Waals surface area contributed by atoms with Crippen LogP contribution in [-0.4, -0.2) is 35.4 Å². The number of hydrogen-bond acceptors (Lipinski definition) is 4. The Kier molecular flexibility index (Phi) is 8.39. The van der Waals surface area contributed by atoms with E-state index in [9.17, 15) is 4.79 Å². The van der Waals surface area contributed by atoms with E-state index >= 15 is 0 Å². The summed E-state index contributed by atoms with van der Waals surface area (Å²) in [6, 6.07) is 8.67. The Labute approximate surface area is 154 Å². The van der Waals surface area contributed by atoms with Crippen LogP contribution in [0.15, 0.2) is 29.6 Å². The molecule has 1 aromatic carbocycles. The van der Waals surface area contributed by atoms with Gasteiger partial charge >= 0.3 is 0 Å². The number of aromatic nitrogens is 1. The summed E-state index contributed by atoms with van der Waals surface area (Å²) < 4.78 is 0. The standard InChI is InChI=1S/C18H25N3OS.ClH/c1-4-15(11-14-7-5-13(2)6-8-14)21(3)18(22)16-12-23-17(20-16)9-10-19;/h5-8,12,15H,4,9-11,19H2,1-3H3;1H. The van der Waals surface area contributed by atoms with Gasteiger partial charge in [0.05, 0.1) is 5.01 Å². The molecule has 0 radical (unpaired) electrons. The van der Waals surface area contributed by atoms with Crippen molar-refractivity contribution >= 4 is 29.7 Å². The largest absolute Gasteiger partial charge is 0.337 e. The fourth-order valence-corrected chi connectivity index (χ4v) is 3.33. The lowest BCUT2D eigenvalue weighted by molar-refractivity contribution is 0.0722. The average Bonchev–Trinajstić information content (AvgIpc) is 3.02. The first kappa shape index (κ1) is 20.6. The number of hydrogen-bond donors (Lipinski definition) is 1. The number of carbonyl (C=O) groups is 1. The van der Waals surface area contributed by atoms with E-state index in [1.807, 2.05) is 17.3 Å². The lowest BCUT2D eigenvalue weighted by Gasteiger charge is -2.27. The number of halogens is 1. The molecule has 1 unspecified atom stereocenters. The highest BCUT2D eigenvalue weighted by atomic mass is 35.5. The second kappa shape index (κ2) is 9.77. The molecule has 0 aliphatic heterocycles. The molecule has 0 aliphatic rings. The first-order valence-electron chi connectivity index (χ1n) is 8.02. The predicted octanol–water partition coefficient (Wildman–Crippen LogP) is 3.47. The maximum absolute atomic E-state index is 12.6. The van der Waals surface area contributed by atoms with E-state index in [1.165, 1.54) is 22.5 Å². The van der Waals surface area contributed by atoms with Gasteiger partial charge in [-0.05, 0) is 31.9 Å². The molecule has 1 aromatic heterocycles. The van der Waals surface area contributed by atoms with Crippen molar-refractivity contribution in [3.63, 3.8) is 0 Å². The molecule has 0 saturated heterocycles. The summed E-state index contributed by atoms with van der Waals surface area (Å²) in [5.41, 5.74) is 8.58. The molecule has 24 heavy (non-hydrogen) atoms. The van der Waals surface area contributed by atoms with Gasteiger partial charge in [0.1, 0.15) is 5.69 Å². The molecule has 1 heterocycles. The van der Waals surface area contributed by atoms with Gasteiger partial charge in [0.25, 0.3) is 5.91 Å². The first-order valence-corrected chi connectivity index (χ1v) is 8.90. The molecule has 0 bridgehead atoms. The Morgan fingerprint density at radius 1 is 1.33 bits per heavy atom. The predicted molar refractivity (Wildman–Crippen MR) is 103 cm³/mol.